The highest BCUT2D eigenvalue weighted by atomic mass is 16.5. The van der Waals surface area contributed by atoms with E-state index in [1.165, 1.54) is 25.7 Å². The average molecular weight is 270 g/mol. The minimum Gasteiger partial charge on any atom is -0.492 e. The lowest BCUT2D eigenvalue weighted by Gasteiger charge is -2.07. The molecule has 1 saturated carbocycles. The summed E-state index contributed by atoms with van der Waals surface area (Å²) in [7, 11) is 0. The van der Waals surface area contributed by atoms with E-state index in [-0.39, 0.29) is 0 Å². The van der Waals surface area contributed by atoms with Crippen molar-refractivity contribution in [1.29, 1.82) is 0 Å². The molecule has 106 valence electrons. The number of fused-ring (bicyclic) bond motifs is 1. The summed E-state index contributed by atoms with van der Waals surface area (Å²) in [5.41, 5.74) is 1.02. The molecule has 0 aliphatic heterocycles. The molecule has 0 bridgehead atoms. The molecule has 3 rings (SSSR count). The molecule has 0 amide bonds. The first-order valence-corrected chi connectivity index (χ1v) is 7.63. The molecule has 0 radical (unpaired) electrons. The maximum absolute atomic E-state index is 5.77. The Kier molecular flexibility index (Phi) is 4.49. The van der Waals surface area contributed by atoms with Crippen molar-refractivity contribution in [1.82, 2.24) is 10.3 Å². The maximum atomic E-state index is 5.77. The Morgan fingerprint density at radius 3 is 2.95 bits per heavy atom. The Labute approximate surface area is 120 Å². The topological polar surface area (TPSA) is 34.1 Å². The lowest BCUT2D eigenvalue weighted by atomic mass is 10.2. The SMILES string of the molecule is c1ccc2ncc(OCCCCCNC3CC3)cc2c1. The zero-order valence-corrected chi connectivity index (χ0v) is 11.8. The van der Waals surface area contributed by atoms with Gasteiger partial charge in [0, 0.05) is 11.4 Å². The largest absolute Gasteiger partial charge is 0.492 e. The number of hydrogen-bond acceptors (Lipinski definition) is 3. The van der Waals surface area contributed by atoms with E-state index in [9.17, 15) is 0 Å². The third-order valence-corrected chi connectivity index (χ3v) is 3.67. The van der Waals surface area contributed by atoms with Gasteiger partial charge >= 0.3 is 0 Å². The van der Waals surface area contributed by atoms with Crippen molar-refractivity contribution in [2.24, 2.45) is 0 Å². The fourth-order valence-corrected chi connectivity index (χ4v) is 2.32. The van der Waals surface area contributed by atoms with Crippen LogP contribution < -0.4 is 10.1 Å². The van der Waals surface area contributed by atoms with Crippen molar-refractivity contribution in [3.8, 4) is 5.75 Å². The highest BCUT2D eigenvalue weighted by molar-refractivity contribution is 5.79. The summed E-state index contributed by atoms with van der Waals surface area (Å²) < 4.78 is 5.77. The van der Waals surface area contributed by atoms with Gasteiger partial charge in [0.2, 0.25) is 0 Å². The Bertz CT molecular complexity index is 551. The van der Waals surface area contributed by atoms with Crippen molar-refractivity contribution < 1.29 is 4.74 Å². The Morgan fingerprint density at radius 2 is 2.05 bits per heavy atom. The third kappa shape index (κ3) is 3.94. The molecule has 20 heavy (non-hydrogen) atoms. The first-order valence-electron chi connectivity index (χ1n) is 7.63. The number of ether oxygens (including phenoxy) is 1. The molecule has 0 atom stereocenters. The van der Waals surface area contributed by atoms with Crippen LogP contribution in [0.3, 0.4) is 0 Å². The molecule has 0 saturated heterocycles. The number of benzene rings is 1. The number of pyridine rings is 1. The van der Waals surface area contributed by atoms with E-state index >= 15 is 0 Å². The van der Waals surface area contributed by atoms with Gasteiger partial charge in [0.25, 0.3) is 0 Å². The number of nitrogens with one attached hydrogen (secondary N) is 1. The van der Waals surface area contributed by atoms with Crippen LogP contribution in [0.25, 0.3) is 10.9 Å². The molecule has 0 spiro atoms. The zero-order valence-electron chi connectivity index (χ0n) is 11.8. The predicted octanol–water partition coefficient (Wildman–Crippen LogP) is 3.54. The summed E-state index contributed by atoms with van der Waals surface area (Å²) in [5, 5.41) is 4.67. The van der Waals surface area contributed by atoms with Gasteiger partial charge in [-0.25, -0.2) is 0 Å². The number of unbranched alkanes of at least 4 members (excludes halogenated alkanes) is 2. The average Bonchev–Trinajstić information content (AvgIpc) is 3.30. The van der Waals surface area contributed by atoms with E-state index in [1.807, 2.05) is 24.4 Å². The lowest BCUT2D eigenvalue weighted by molar-refractivity contribution is 0.304. The van der Waals surface area contributed by atoms with Crippen LogP contribution in [0.2, 0.25) is 0 Å². The number of nitrogens with zero attached hydrogens (tertiary/aromatic N) is 1. The van der Waals surface area contributed by atoms with Gasteiger partial charge in [-0.1, -0.05) is 18.2 Å². The van der Waals surface area contributed by atoms with Crippen molar-refractivity contribution in [2.45, 2.75) is 38.1 Å². The molecule has 1 aliphatic rings. The van der Waals surface area contributed by atoms with E-state index in [0.29, 0.717) is 0 Å². The standard InChI is InChI=1S/C17H22N2O/c1(4-10-18-15-8-9-15)5-11-20-16-12-14-6-2-3-7-17(14)19-13-16/h2-3,6-7,12-13,15,18H,1,4-5,8-11H2. The van der Waals surface area contributed by atoms with Gasteiger partial charge in [-0.15, -0.1) is 0 Å². The molecule has 3 nitrogen and oxygen atoms in total. The summed E-state index contributed by atoms with van der Waals surface area (Å²) in [6.45, 7) is 1.94. The molecule has 1 aliphatic carbocycles. The maximum Gasteiger partial charge on any atom is 0.138 e. The Hall–Kier alpha value is -1.61. The van der Waals surface area contributed by atoms with Crippen LogP contribution in [0.15, 0.2) is 36.5 Å². The van der Waals surface area contributed by atoms with Gasteiger partial charge < -0.3 is 10.1 Å². The van der Waals surface area contributed by atoms with Gasteiger partial charge in [0.15, 0.2) is 0 Å². The van der Waals surface area contributed by atoms with Crippen molar-refractivity contribution in [3.05, 3.63) is 36.5 Å². The Morgan fingerprint density at radius 1 is 1.15 bits per heavy atom. The highest BCUT2D eigenvalue weighted by Gasteiger charge is 2.19. The van der Waals surface area contributed by atoms with Crippen molar-refractivity contribution >= 4 is 10.9 Å². The lowest BCUT2D eigenvalue weighted by Crippen LogP contribution is -2.17. The molecular weight excluding hydrogens is 248 g/mol. The molecule has 1 fully saturated rings. The second-order valence-corrected chi connectivity index (χ2v) is 5.50. The summed E-state index contributed by atoms with van der Waals surface area (Å²) in [4.78, 5) is 4.40. The molecule has 0 unspecified atom stereocenters. The normalized spacial score (nSPS) is 14.6. The smallest absolute Gasteiger partial charge is 0.138 e. The number of rotatable bonds is 8. The second kappa shape index (κ2) is 6.71. The van der Waals surface area contributed by atoms with Gasteiger partial charge in [-0.2, -0.15) is 0 Å². The first-order chi connectivity index (χ1) is 9.92. The monoisotopic (exact) mass is 270 g/mol. The van der Waals surface area contributed by atoms with Crippen LogP contribution in [-0.2, 0) is 0 Å². The van der Waals surface area contributed by atoms with Gasteiger partial charge in [-0.05, 0) is 50.8 Å². The minimum absolute atomic E-state index is 0.781. The van der Waals surface area contributed by atoms with Gasteiger partial charge in [0.1, 0.15) is 5.75 Å². The van der Waals surface area contributed by atoms with E-state index in [1.54, 1.807) is 0 Å². The highest BCUT2D eigenvalue weighted by Crippen LogP contribution is 2.19. The van der Waals surface area contributed by atoms with Gasteiger partial charge in [-0.3, -0.25) is 4.98 Å². The van der Waals surface area contributed by atoms with Crippen molar-refractivity contribution in [2.75, 3.05) is 13.2 Å². The molecule has 1 N–H and O–H groups in total. The zero-order chi connectivity index (χ0) is 13.6. The summed E-state index contributed by atoms with van der Waals surface area (Å²) >= 11 is 0. The first kappa shape index (κ1) is 13.4. The molecule has 3 heteroatoms. The molecule has 1 aromatic heterocycles. The predicted molar refractivity (Wildman–Crippen MR) is 82.1 cm³/mol. The Balaban J connectivity index is 1.36. The fraction of sp³-hybridized carbons (Fsp3) is 0.471. The van der Waals surface area contributed by atoms with Crippen LogP contribution in [0.5, 0.6) is 5.75 Å². The van der Waals surface area contributed by atoms with E-state index in [0.717, 1.165) is 42.3 Å². The van der Waals surface area contributed by atoms with Crippen LogP contribution in [0, 0.1) is 0 Å². The quantitative estimate of drug-likeness (QED) is 0.745. The van der Waals surface area contributed by atoms with Crippen LogP contribution in [0.4, 0.5) is 0 Å². The van der Waals surface area contributed by atoms with Crippen LogP contribution in [-0.4, -0.2) is 24.2 Å². The molecule has 1 heterocycles. The van der Waals surface area contributed by atoms with E-state index in [2.05, 4.69) is 22.4 Å². The summed E-state index contributed by atoms with van der Waals surface area (Å²) in [5.74, 6) is 0.875. The van der Waals surface area contributed by atoms with Crippen LogP contribution in [0.1, 0.15) is 32.1 Å². The third-order valence-electron chi connectivity index (χ3n) is 3.67. The number of para-hydroxylation sites is 1. The fourth-order valence-electron chi connectivity index (χ4n) is 2.32. The minimum atomic E-state index is 0.781. The van der Waals surface area contributed by atoms with E-state index in [4.69, 9.17) is 4.74 Å². The molecular formula is C17H22N2O. The number of hydrogen-bond donors (Lipinski definition) is 1. The van der Waals surface area contributed by atoms with E-state index < -0.39 is 0 Å². The molecule has 2 aromatic rings. The van der Waals surface area contributed by atoms with Gasteiger partial charge in [0.05, 0.1) is 18.3 Å². The summed E-state index contributed by atoms with van der Waals surface area (Å²) in [6.07, 6.45) is 8.14. The van der Waals surface area contributed by atoms with Crippen molar-refractivity contribution in [3.63, 3.8) is 0 Å². The molecule has 1 aromatic carbocycles. The number of aromatic nitrogens is 1. The second-order valence-electron chi connectivity index (χ2n) is 5.50. The summed E-state index contributed by atoms with van der Waals surface area (Å²) in [6, 6.07) is 11.0. The van der Waals surface area contributed by atoms with Crippen LogP contribution >= 0.6 is 0 Å².